The molecule has 1 saturated carbocycles. The summed E-state index contributed by atoms with van der Waals surface area (Å²) in [7, 11) is 1.93. The first-order valence-corrected chi connectivity index (χ1v) is 11.9. The zero-order chi connectivity index (χ0) is 25.5. The molecule has 1 aromatic carbocycles. The van der Waals surface area contributed by atoms with Gasteiger partial charge >= 0.3 is 12.1 Å². The Hall–Kier alpha value is -2.95. The third-order valence-electron chi connectivity index (χ3n) is 7.68. The first-order valence-electron chi connectivity index (χ1n) is 11.9. The summed E-state index contributed by atoms with van der Waals surface area (Å²) >= 11 is 0. The van der Waals surface area contributed by atoms with Gasteiger partial charge in [-0.3, -0.25) is 24.7 Å². The maximum Gasteiger partial charge on any atom is 0.471 e. The van der Waals surface area contributed by atoms with Gasteiger partial charge < -0.3 is 16.0 Å². The molecular formula is C24H30F3N5O3. The third kappa shape index (κ3) is 5.05. The average molecular weight is 494 g/mol. The molecule has 35 heavy (non-hydrogen) atoms. The van der Waals surface area contributed by atoms with Crippen molar-refractivity contribution in [3.63, 3.8) is 0 Å². The van der Waals surface area contributed by atoms with Crippen LogP contribution in [-0.2, 0) is 16.1 Å². The van der Waals surface area contributed by atoms with Crippen LogP contribution < -0.4 is 11.1 Å². The maximum atomic E-state index is 13.3. The number of fused-ring (bicyclic) bond motifs is 1. The van der Waals surface area contributed by atoms with Gasteiger partial charge in [-0.25, -0.2) is 0 Å². The van der Waals surface area contributed by atoms with Gasteiger partial charge in [0.25, 0.3) is 5.91 Å². The van der Waals surface area contributed by atoms with Crippen LogP contribution in [0.1, 0.15) is 60.0 Å². The summed E-state index contributed by atoms with van der Waals surface area (Å²) in [6, 6.07) is 4.11. The number of primary amides is 1. The van der Waals surface area contributed by atoms with Gasteiger partial charge in [-0.15, -0.1) is 0 Å². The Labute approximate surface area is 201 Å². The standard InChI is InChI=1S/C24H30F3N5O3/c1-31-9-3-6-17(19(31)21(29)33)13-4-2-5-16(10-13)32-12-15-8-7-14(11-18(15)22(32)34)20(28)30-23(35)24(25,26)27/h7-8,11,13,16-17,19H,2-6,9-10,12H2,1H3,(H2,29,33)(H2,28,30,35). The minimum atomic E-state index is -5.10. The van der Waals surface area contributed by atoms with Crippen LogP contribution in [0.2, 0.25) is 0 Å². The van der Waals surface area contributed by atoms with E-state index in [1.807, 2.05) is 11.9 Å². The van der Waals surface area contributed by atoms with Crippen molar-refractivity contribution in [2.75, 3.05) is 13.6 Å². The lowest BCUT2D eigenvalue weighted by Crippen LogP contribution is -2.54. The summed E-state index contributed by atoms with van der Waals surface area (Å²) in [5.74, 6) is -3.05. The first-order chi connectivity index (χ1) is 16.5. The van der Waals surface area contributed by atoms with E-state index in [9.17, 15) is 27.6 Å². The van der Waals surface area contributed by atoms with Gasteiger partial charge in [0.05, 0.1) is 6.04 Å². The van der Waals surface area contributed by atoms with Gasteiger partial charge in [-0.05, 0) is 69.2 Å². The van der Waals surface area contributed by atoms with Crippen molar-refractivity contribution in [3.05, 3.63) is 34.9 Å². The van der Waals surface area contributed by atoms with Crippen LogP contribution in [0.5, 0.6) is 0 Å². The topological polar surface area (TPSA) is 120 Å². The zero-order valence-electron chi connectivity index (χ0n) is 19.5. The molecule has 4 unspecified atom stereocenters. The number of rotatable bonds is 4. The SMILES string of the molecule is CN1CCCC(C2CCCC(N3Cc4ccc(C(=N)NC(=O)C(F)(F)F)cc4C3=O)C2)C1C(N)=O. The molecule has 1 aromatic rings. The number of hydrogen-bond acceptors (Lipinski definition) is 5. The van der Waals surface area contributed by atoms with Crippen LogP contribution in [-0.4, -0.2) is 65.2 Å². The van der Waals surface area contributed by atoms with E-state index >= 15 is 0 Å². The number of likely N-dealkylation sites (N-methyl/N-ethyl adjacent to an activating group) is 1. The summed E-state index contributed by atoms with van der Waals surface area (Å²) in [5.41, 5.74) is 6.84. The molecule has 4 rings (SSSR count). The van der Waals surface area contributed by atoms with E-state index in [0.29, 0.717) is 12.1 Å². The summed E-state index contributed by atoms with van der Waals surface area (Å²) in [6.07, 6.45) is 0.345. The number of piperidine rings is 1. The molecule has 0 aromatic heterocycles. The number of halogens is 3. The summed E-state index contributed by atoms with van der Waals surface area (Å²) in [5, 5.41) is 9.35. The second kappa shape index (κ2) is 9.60. The van der Waals surface area contributed by atoms with E-state index in [1.54, 1.807) is 11.0 Å². The number of amides is 3. The van der Waals surface area contributed by atoms with Crippen molar-refractivity contribution in [2.45, 2.75) is 63.3 Å². The lowest BCUT2D eigenvalue weighted by Gasteiger charge is -2.45. The molecule has 3 aliphatic rings. The Morgan fingerprint density at radius 1 is 1.17 bits per heavy atom. The highest BCUT2D eigenvalue weighted by atomic mass is 19.4. The van der Waals surface area contributed by atoms with Crippen LogP contribution >= 0.6 is 0 Å². The van der Waals surface area contributed by atoms with E-state index in [2.05, 4.69) is 0 Å². The minimum Gasteiger partial charge on any atom is -0.368 e. The average Bonchev–Trinajstić information content (AvgIpc) is 3.14. The first kappa shape index (κ1) is 25.2. The van der Waals surface area contributed by atoms with E-state index in [4.69, 9.17) is 11.1 Å². The highest BCUT2D eigenvalue weighted by Gasteiger charge is 2.43. The van der Waals surface area contributed by atoms with Crippen LogP contribution in [0.15, 0.2) is 18.2 Å². The predicted octanol–water partition coefficient (Wildman–Crippen LogP) is 2.40. The molecule has 4 N–H and O–H groups in total. The minimum absolute atomic E-state index is 0.0118. The lowest BCUT2D eigenvalue weighted by molar-refractivity contribution is -0.171. The number of nitrogens with zero attached hydrogens (tertiary/aromatic N) is 2. The van der Waals surface area contributed by atoms with Crippen molar-refractivity contribution in [1.82, 2.24) is 15.1 Å². The van der Waals surface area contributed by atoms with Crippen LogP contribution in [0.25, 0.3) is 0 Å². The van der Waals surface area contributed by atoms with Crippen molar-refractivity contribution >= 4 is 23.6 Å². The molecule has 1 saturated heterocycles. The number of benzene rings is 1. The smallest absolute Gasteiger partial charge is 0.368 e. The largest absolute Gasteiger partial charge is 0.471 e. The zero-order valence-corrected chi connectivity index (χ0v) is 19.5. The lowest BCUT2D eigenvalue weighted by atomic mass is 9.71. The Bertz CT molecular complexity index is 1040. The van der Waals surface area contributed by atoms with Crippen LogP contribution in [0.4, 0.5) is 13.2 Å². The second-order valence-electron chi connectivity index (χ2n) is 9.85. The highest BCUT2D eigenvalue weighted by Crippen LogP contribution is 2.41. The normalized spacial score (nSPS) is 27.4. The van der Waals surface area contributed by atoms with Gasteiger partial charge in [-0.1, -0.05) is 18.6 Å². The van der Waals surface area contributed by atoms with E-state index in [1.165, 1.54) is 17.4 Å². The van der Waals surface area contributed by atoms with Crippen LogP contribution in [0.3, 0.4) is 0 Å². The molecule has 4 atom stereocenters. The molecule has 2 fully saturated rings. The molecule has 0 spiro atoms. The van der Waals surface area contributed by atoms with Crippen molar-refractivity contribution in [2.24, 2.45) is 17.6 Å². The van der Waals surface area contributed by atoms with Crippen molar-refractivity contribution < 1.29 is 27.6 Å². The number of alkyl halides is 3. The maximum absolute atomic E-state index is 13.3. The van der Waals surface area contributed by atoms with Gasteiger partial charge in [0, 0.05) is 23.7 Å². The quantitative estimate of drug-likeness (QED) is 0.441. The monoisotopic (exact) mass is 493 g/mol. The van der Waals surface area contributed by atoms with Crippen molar-refractivity contribution in [3.8, 4) is 0 Å². The Kier molecular flexibility index (Phi) is 6.90. The highest BCUT2D eigenvalue weighted by molar-refractivity contribution is 6.09. The molecule has 2 heterocycles. The Morgan fingerprint density at radius 3 is 2.60 bits per heavy atom. The van der Waals surface area contributed by atoms with Crippen LogP contribution in [0, 0.1) is 17.2 Å². The molecule has 3 amide bonds. The van der Waals surface area contributed by atoms with Gasteiger partial charge in [0.2, 0.25) is 5.91 Å². The van der Waals surface area contributed by atoms with E-state index < -0.39 is 17.9 Å². The fourth-order valence-electron chi connectivity index (χ4n) is 6.03. The Balaban J connectivity index is 1.47. The third-order valence-corrected chi connectivity index (χ3v) is 7.68. The van der Waals surface area contributed by atoms with E-state index in [-0.39, 0.29) is 41.3 Å². The van der Waals surface area contributed by atoms with Crippen molar-refractivity contribution in [1.29, 1.82) is 5.41 Å². The molecule has 1 aliphatic carbocycles. The second-order valence-corrected chi connectivity index (χ2v) is 9.85. The number of nitrogens with two attached hydrogens (primary N) is 1. The fourth-order valence-corrected chi connectivity index (χ4v) is 6.03. The number of amidine groups is 1. The molecule has 0 radical (unpaired) electrons. The van der Waals surface area contributed by atoms with E-state index in [0.717, 1.165) is 50.6 Å². The number of hydrogen-bond donors (Lipinski definition) is 3. The molecular weight excluding hydrogens is 463 g/mol. The number of carbonyl (C=O) groups excluding carboxylic acids is 3. The van der Waals surface area contributed by atoms with Gasteiger partial charge in [0.1, 0.15) is 5.84 Å². The van der Waals surface area contributed by atoms with Gasteiger partial charge in [-0.2, -0.15) is 13.2 Å². The number of carbonyl (C=O) groups is 3. The molecule has 11 heteroatoms. The summed E-state index contributed by atoms with van der Waals surface area (Å²) < 4.78 is 37.6. The van der Waals surface area contributed by atoms with Gasteiger partial charge in [0.15, 0.2) is 0 Å². The molecule has 8 nitrogen and oxygen atoms in total. The number of likely N-dealkylation sites (tertiary alicyclic amines) is 1. The summed E-state index contributed by atoms with van der Waals surface area (Å²) in [6.45, 7) is 1.22. The molecule has 2 aliphatic heterocycles. The fraction of sp³-hybridized carbons (Fsp3) is 0.583. The molecule has 190 valence electrons. The predicted molar refractivity (Wildman–Crippen MR) is 121 cm³/mol. The summed E-state index contributed by atoms with van der Waals surface area (Å²) in [4.78, 5) is 40.4. The number of nitrogens with one attached hydrogen (secondary N) is 2. The Morgan fingerprint density at radius 2 is 1.91 bits per heavy atom. The molecule has 0 bridgehead atoms.